The zero-order valence-corrected chi connectivity index (χ0v) is 19.8. The summed E-state index contributed by atoms with van der Waals surface area (Å²) in [7, 11) is -2.04. The fourth-order valence-electron chi connectivity index (χ4n) is 4.10. The summed E-state index contributed by atoms with van der Waals surface area (Å²) in [5, 5.41) is 0.849. The van der Waals surface area contributed by atoms with Crippen molar-refractivity contribution in [2.45, 2.75) is 24.7 Å². The number of nitrogens with zero attached hydrogens (tertiary/aromatic N) is 1. The molecule has 0 saturated carbocycles. The summed E-state index contributed by atoms with van der Waals surface area (Å²) in [6.45, 7) is 0.998. The van der Waals surface area contributed by atoms with E-state index in [1.807, 2.05) is 12.1 Å². The number of likely N-dealkylation sites (tertiary alicyclic amines) is 1. The van der Waals surface area contributed by atoms with Crippen LogP contribution in [0, 0.1) is 0 Å². The Bertz CT molecular complexity index is 1060. The highest BCUT2D eigenvalue weighted by molar-refractivity contribution is 7.85. The van der Waals surface area contributed by atoms with E-state index in [2.05, 4.69) is 0 Å². The van der Waals surface area contributed by atoms with Gasteiger partial charge in [-0.3, -0.25) is 8.98 Å². The number of hydrogen-bond acceptors (Lipinski definition) is 5. The SMILES string of the molecule is COc1ccccc1C(=O)N1CCCC(CCOS(C)(=O)=O)(c2ccc(Cl)c(Cl)c2)C1. The molecule has 1 amide bonds. The van der Waals surface area contributed by atoms with Crippen LogP contribution in [0.2, 0.25) is 10.0 Å². The van der Waals surface area contributed by atoms with Gasteiger partial charge in [-0.2, -0.15) is 8.42 Å². The van der Waals surface area contributed by atoms with Crippen LogP contribution in [-0.2, 0) is 19.7 Å². The van der Waals surface area contributed by atoms with E-state index in [1.165, 1.54) is 7.11 Å². The number of benzene rings is 2. The molecule has 6 nitrogen and oxygen atoms in total. The van der Waals surface area contributed by atoms with Gasteiger partial charge in [-0.1, -0.05) is 41.4 Å². The van der Waals surface area contributed by atoms with Crippen molar-refractivity contribution < 1.29 is 22.1 Å². The van der Waals surface area contributed by atoms with Crippen molar-refractivity contribution in [1.82, 2.24) is 4.90 Å². The normalized spacial score (nSPS) is 19.3. The van der Waals surface area contributed by atoms with Crippen LogP contribution < -0.4 is 4.74 Å². The number of methoxy groups -OCH3 is 1. The number of amides is 1. The van der Waals surface area contributed by atoms with E-state index >= 15 is 0 Å². The second kappa shape index (κ2) is 9.77. The van der Waals surface area contributed by atoms with Crippen LogP contribution in [0.25, 0.3) is 0 Å². The van der Waals surface area contributed by atoms with E-state index in [0.717, 1.165) is 24.7 Å². The lowest BCUT2D eigenvalue weighted by Crippen LogP contribution is -2.49. The molecule has 0 N–H and O–H groups in total. The molecule has 1 heterocycles. The maximum atomic E-state index is 13.3. The lowest BCUT2D eigenvalue weighted by molar-refractivity contribution is 0.0606. The molecule has 1 atom stereocenters. The summed E-state index contributed by atoms with van der Waals surface area (Å²) in [6.07, 6.45) is 2.94. The lowest BCUT2D eigenvalue weighted by Gasteiger charge is -2.43. The Morgan fingerprint density at radius 1 is 1.16 bits per heavy atom. The summed E-state index contributed by atoms with van der Waals surface area (Å²) in [5.41, 5.74) is 0.869. The molecule has 31 heavy (non-hydrogen) atoms. The average molecular weight is 486 g/mol. The zero-order chi connectivity index (χ0) is 22.6. The Kier molecular flexibility index (Phi) is 7.52. The second-order valence-electron chi connectivity index (χ2n) is 7.72. The highest BCUT2D eigenvalue weighted by Gasteiger charge is 2.39. The molecule has 1 aliphatic heterocycles. The van der Waals surface area contributed by atoms with Crippen LogP contribution in [0.4, 0.5) is 0 Å². The molecule has 0 spiro atoms. The summed E-state index contributed by atoms with van der Waals surface area (Å²) < 4.78 is 33.4. The molecule has 2 aromatic rings. The molecule has 168 valence electrons. The minimum absolute atomic E-state index is 0.00969. The van der Waals surface area contributed by atoms with Crippen LogP contribution in [0.1, 0.15) is 35.2 Å². The quantitative estimate of drug-likeness (QED) is 0.538. The van der Waals surface area contributed by atoms with Gasteiger partial charge in [0.15, 0.2) is 0 Å². The molecular weight excluding hydrogens is 461 g/mol. The first-order chi connectivity index (χ1) is 14.6. The van der Waals surface area contributed by atoms with Crippen molar-refractivity contribution in [3.8, 4) is 5.75 Å². The summed E-state index contributed by atoms with van der Waals surface area (Å²) in [4.78, 5) is 15.1. The Labute approximate surface area is 193 Å². The van der Waals surface area contributed by atoms with E-state index in [-0.39, 0.29) is 12.5 Å². The Balaban J connectivity index is 1.94. The van der Waals surface area contributed by atoms with Crippen LogP contribution in [0.15, 0.2) is 42.5 Å². The third-order valence-corrected chi connectivity index (χ3v) is 6.95. The van der Waals surface area contributed by atoms with Crippen molar-refractivity contribution in [2.24, 2.45) is 0 Å². The van der Waals surface area contributed by atoms with E-state index in [4.69, 9.17) is 32.1 Å². The standard InChI is InChI=1S/C22H25Cl2NO5S/c1-29-20-7-4-3-6-17(20)21(26)25-12-5-10-22(15-25,11-13-30-31(2,27)28)16-8-9-18(23)19(24)14-16/h3-4,6-9,14H,5,10-13,15H2,1-2H3. The third kappa shape index (κ3) is 5.71. The van der Waals surface area contributed by atoms with Crippen LogP contribution in [0.3, 0.4) is 0 Å². The van der Waals surface area contributed by atoms with E-state index in [0.29, 0.717) is 40.9 Å². The maximum Gasteiger partial charge on any atom is 0.264 e. The largest absolute Gasteiger partial charge is 0.496 e. The molecular formula is C22H25Cl2NO5S. The van der Waals surface area contributed by atoms with Gasteiger partial charge in [0.1, 0.15) is 5.75 Å². The summed E-state index contributed by atoms with van der Waals surface area (Å²) in [5.74, 6) is 0.379. The first-order valence-electron chi connectivity index (χ1n) is 9.87. The van der Waals surface area contributed by atoms with Crippen molar-refractivity contribution in [1.29, 1.82) is 0 Å². The predicted octanol–water partition coefficient (Wildman–Crippen LogP) is 4.54. The summed E-state index contributed by atoms with van der Waals surface area (Å²) in [6, 6.07) is 12.5. The fourth-order valence-corrected chi connectivity index (χ4v) is 4.78. The molecule has 2 aromatic carbocycles. The molecule has 0 radical (unpaired) electrons. The number of carbonyl (C=O) groups excluding carboxylic acids is 1. The van der Waals surface area contributed by atoms with Gasteiger partial charge in [0.2, 0.25) is 0 Å². The van der Waals surface area contributed by atoms with Gasteiger partial charge >= 0.3 is 0 Å². The number of rotatable bonds is 7. The lowest BCUT2D eigenvalue weighted by atomic mass is 9.71. The van der Waals surface area contributed by atoms with E-state index in [1.54, 1.807) is 35.2 Å². The topological polar surface area (TPSA) is 72.9 Å². The van der Waals surface area contributed by atoms with E-state index < -0.39 is 15.5 Å². The molecule has 1 fully saturated rings. The molecule has 3 rings (SSSR count). The van der Waals surface area contributed by atoms with Gasteiger partial charge in [0.25, 0.3) is 16.0 Å². The molecule has 1 saturated heterocycles. The van der Waals surface area contributed by atoms with Crippen molar-refractivity contribution in [3.05, 3.63) is 63.6 Å². The smallest absolute Gasteiger partial charge is 0.264 e. The zero-order valence-electron chi connectivity index (χ0n) is 17.4. The van der Waals surface area contributed by atoms with Gasteiger partial charge in [0, 0.05) is 18.5 Å². The van der Waals surface area contributed by atoms with Crippen LogP contribution in [-0.4, -0.2) is 52.3 Å². The Hall–Kier alpha value is -1.80. The number of ether oxygens (including phenoxy) is 1. The van der Waals surface area contributed by atoms with Crippen molar-refractivity contribution in [3.63, 3.8) is 0 Å². The monoisotopic (exact) mass is 485 g/mol. The van der Waals surface area contributed by atoms with Crippen LogP contribution in [0.5, 0.6) is 5.75 Å². The number of carbonyl (C=O) groups is 1. The Morgan fingerprint density at radius 2 is 1.90 bits per heavy atom. The Morgan fingerprint density at radius 3 is 2.58 bits per heavy atom. The molecule has 9 heteroatoms. The number of piperidine rings is 1. The molecule has 1 aliphatic rings. The molecule has 0 aromatic heterocycles. The number of hydrogen-bond donors (Lipinski definition) is 0. The third-order valence-electron chi connectivity index (χ3n) is 5.61. The molecule has 1 unspecified atom stereocenters. The maximum absolute atomic E-state index is 13.3. The fraction of sp³-hybridized carbons (Fsp3) is 0.409. The minimum atomic E-state index is -3.57. The average Bonchev–Trinajstić information content (AvgIpc) is 2.74. The van der Waals surface area contributed by atoms with Gasteiger partial charge in [-0.05, 0) is 49.1 Å². The number of para-hydroxylation sites is 1. The van der Waals surface area contributed by atoms with E-state index in [9.17, 15) is 13.2 Å². The van der Waals surface area contributed by atoms with Crippen molar-refractivity contribution >= 4 is 39.2 Å². The van der Waals surface area contributed by atoms with Gasteiger partial charge < -0.3 is 9.64 Å². The molecule has 0 bridgehead atoms. The second-order valence-corrected chi connectivity index (χ2v) is 10.2. The van der Waals surface area contributed by atoms with Gasteiger partial charge in [-0.25, -0.2) is 0 Å². The minimum Gasteiger partial charge on any atom is -0.496 e. The first-order valence-corrected chi connectivity index (χ1v) is 12.4. The highest BCUT2D eigenvalue weighted by Crippen LogP contribution is 2.40. The van der Waals surface area contributed by atoms with Crippen molar-refractivity contribution in [2.75, 3.05) is 33.1 Å². The van der Waals surface area contributed by atoms with Gasteiger partial charge in [0.05, 0.1) is 35.6 Å². The highest BCUT2D eigenvalue weighted by atomic mass is 35.5. The number of halogens is 2. The van der Waals surface area contributed by atoms with Gasteiger partial charge in [-0.15, -0.1) is 0 Å². The summed E-state index contributed by atoms with van der Waals surface area (Å²) >= 11 is 12.4. The van der Waals surface area contributed by atoms with Crippen LogP contribution >= 0.6 is 23.2 Å². The molecule has 0 aliphatic carbocycles. The predicted molar refractivity (Wildman–Crippen MR) is 122 cm³/mol. The first kappa shape index (κ1) is 23.9.